The monoisotopic (exact) mass is 623 g/mol. The number of rotatable bonds is 21. The fourth-order valence-corrected chi connectivity index (χ4v) is 4.71. The third-order valence-corrected chi connectivity index (χ3v) is 7.18. The van der Waals surface area contributed by atoms with E-state index in [0.717, 1.165) is 34.8 Å². The predicted molar refractivity (Wildman–Crippen MR) is 155 cm³/mol. The summed E-state index contributed by atoms with van der Waals surface area (Å²) in [7, 11) is -4.62. The molecule has 35 heavy (non-hydrogen) atoms. The summed E-state index contributed by atoms with van der Waals surface area (Å²) in [5.74, 6) is -0.0807. The van der Waals surface area contributed by atoms with Crippen molar-refractivity contribution in [2.75, 3.05) is 6.61 Å². The first-order chi connectivity index (χ1) is 16.8. The number of nitrogens with one attached hydrogen (secondary N) is 1. The minimum atomic E-state index is -4.62. The van der Waals surface area contributed by atoms with Gasteiger partial charge in [0.25, 0.3) is 0 Å². The number of benzene rings is 1. The van der Waals surface area contributed by atoms with Crippen LogP contribution in [0.15, 0.2) is 36.4 Å². The van der Waals surface area contributed by atoms with Crippen LogP contribution in [0.4, 0.5) is 0 Å². The molecule has 0 aromatic heterocycles. The number of carbonyl (C=O) groups excluding carboxylic acids is 1. The Kier molecular flexibility index (Phi) is 19.0. The van der Waals surface area contributed by atoms with E-state index in [1.54, 1.807) is 0 Å². The summed E-state index contributed by atoms with van der Waals surface area (Å²) in [6, 6.07) is 7.44. The Bertz CT molecular complexity index is 694. The maximum absolute atomic E-state index is 12.4. The second-order valence-electron chi connectivity index (χ2n) is 9.31. The number of carbonyl (C=O) groups is 1. The number of amides is 1. The van der Waals surface area contributed by atoms with Crippen LogP contribution in [-0.2, 0) is 15.7 Å². The molecule has 0 fully saturated rings. The van der Waals surface area contributed by atoms with Crippen LogP contribution in [0.5, 0.6) is 0 Å². The fourth-order valence-electron chi connectivity index (χ4n) is 3.93. The van der Waals surface area contributed by atoms with Gasteiger partial charge in [-0.15, -0.1) is 0 Å². The van der Waals surface area contributed by atoms with Crippen LogP contribution in [0.25, 0.3) is 0 Å². The Labute approximate surface area is 226 Å². The number of hydrogen-bond acceptors (Lipinski definition) is 5. The van der Waals surface area contributed by atoms with E-state index in [1.807, 2.05) is 24.3 Å². The summed E-state index contributed by atoms with van der Waals surface area (Å²) >= 11 is 2.23. The van der Waals surface area contributed by atoms with E-state index in [-0.39, 0.29) is 12.5 Å². The molecule has 8 heteroatoms. The Balaban J connectivity index is 2.15. The number of allylic oxidation sites excluding steroid dienone is 2. The van der Waals surface area contributed by atoms with Crippen LogP contribution >= 0.6 is 30.8 Å². The molecule has 0 aliphatic rings. The topological polar surface area (TPSA) is 99.0 Å². The molecule has 1 rings (SSSR count). The van der Waals surface area contributed by atoms with Crippen molar-refractivity contribution in [3.63, 3.8) is 0 Å². The van der Waals surface area contributed by atoms with Gasteiger partial charge >= 0.3 is 163 Å². The molecule has 0 radical (unpaired) electrons. The van der Waals surface area contributed by atoms with Gasteiger partial charge in [-0.1, -0.05) is 51.2 Å². The van der Waals surface area contributed by atoms with E-state index in [1.165, 1.54) is 57.8 Å². The normalized spacial score (nSPS) is 13.3. The molecule has 0 saturated heterocycles. The third kappa shape index (κ3) is 20.2. The summed E-state index contributed by atoms with van der Waals surface area (Å²) in [6.07, 6.45) is 21.4. The van der Waals surface area contributed by atoms with Crippen LogP contribution in [0, 0.1) is 3.57 Å². The summed E-state index contributed by atoms with van der Waals surface area (Å²) < 4.78 is 5.91. The zero-order valence-electron chi connectivity index (χ0n) is 21.4. The molecule has 0 spiro atoms. The van der Waals surface area contributed by atoms with E-state index in [2.05, 4.69) is 47.0 Å². The number of halogens is 1. The zero-order valence-corrected chi connectivity index (χ0v) is 24.5. The number of hydrogen-bond donors (Lipinski definition) is 4. The van der Waals surface area contributed by atoms with Crippen molar-refractivity contribution in [1.82, 2.24) is 5.32 Å². The molecule has 6 nitrogen and oxygen atoms in total. The van der Waals surface area contributed by atoms with Gasteiger partial charge in [0.05, 0.1) is 0 Å². The van der Waals surface area contributed by atoms with Crippen LogP contribution in [0.2, 0.25) is 0 Å². The van der Waals surface area contributed by atoms with Gasteiger partial charge in [-0.3, -0.25) is 0 Å². The molecule has 1 aromatic carbocycles. The molecule has 1 aromatic rings. The van der Waals surface area contributed by atoms with Gasteiger partial charge in [0.2, 0.25) is 0 Å². The molecule has 0 unspecified atom stereocenters. The molecule has 0 aliphatic carbocycles. The molecule has 1 amide bonds. The molecule has 1 atom stereocenters. The second kappa shape index (κ2) is 20.5. The summed E-state index contributed by atoms with van der Waals surface area (Å²) in [5, 5.41) is 2.92. The van der Waals surface area contributed by atoms with E-state index < -0.39 is 14.2 Å². The molecule has 202 valence electrons. The van der Waals surface area contributed by atoms with Gasteiger partial charge in [0.1, 0.15) is 0 Å². The Hall–Kier alpha value is -0.570. The quantitative estimate of drug-likeness (QED) is 0.0525. The van der Waals surface area contributed by atoms with Crippen molar-refractivity contribution in [2.45, 2.75) is 109 Å². The van der Waals surface area contributed by atoms with Crippen molar-refractivity contribution >= 4 is 36.7 Å². The number of unbranched alkanes of at least 4 members (excludes halogenated alkanes) is 11. The minimum absolute atomic E-state index is 0.0807. The van der Waals surface area contributed by atoms with Crippen LogP contribution in [-0.4, -0.2) is 33.2 Å². The van der Waals surface area contributed by atoms with Crippen LogP contribution < -0.4 is 5.32 Å². The second-order valence-corrected chi connectivity index (χ2v) is 12.0. The van der Waals surface area contributed by atoms with Crippen LogP contribution in [0.1, 0.15) is 102 Å². The molecule has 0 aliphatic heterocycles. The predicted octanol–water partition coefficient (Wildman–Crippen LogP) is 6.76. The summed E-state index contributed by atoms with van der Waals surface area (Å²) in [4.78, 5) is 39.9. The van der Waals surface area contributed by atoms with E-state index >= 15 is 0 Å². The van der Waals surface area contributed by atoms with Crippen molar-refractivity contribution in [2.24, 2.45) is 0 Å². The average molecular weight is 624 g/mol. The SMILES string of the molecule is CCCCCCCC/C=C\CCCCCCCC(=O)N[C@@H](CO[PH](O)(O)O)Cc1ccc(I)cc1. The molecular formula is C27H47INO5P. The van der Waals surface area contributed by atoms with E-state index in [4.69, 9.17) is 19.2 Å². The molecule has 0 bridgehead atoms. The first-order valence-electron chi connectivity index (χ1n) is 13.3. The molecule has 0 heterocycles. The fraction of sp³-hybridized carbons (Fsp3) is 0.667. The van der Waals surface area contributed by atoms with Crippen molar-refractivity contribution in [3.05, 3.63) is 45.6 Å². The summed E-state index contributed by atoms with van der Waals surface area (Å²) in [6.45, 7) is 2.10. The van der Waals surface area contributed by atoms with E-state index in [0.29, 0.717) is 12.8 Å². The van der Waals surface area contributed by atoms with E-state index in [9.17, 15) is 4.79 Å². The first-order valence-corrected chi connectivity index (χ1v) is 16.1. The van der Waals surface area contributed by atoms with Crippen molar-refractivity contribution in [3.8, 4) is 0 Å². The van der Waals surface area contributed by atoms with Gasteiger partial charge in [-0.25, -0.2) is 0 Å². The Morgan fingerprint density at radius 1 is 0.914 bits per heavy atom. The average Bonchev–Trinajstić information content (AvgIpc) is 2.81. The van der Waals surface area contributed by atoms with Crippen LogP contribution in [0.3, 0.4) is 0 Å². The summed E-state index contributed by atoms with van der Waals surface area (Å²) in [5.41, 5.74) is 1.00. The van der Waals surface area contributed by atoms with Crippen molar-refractivity contribution < 1.29 is 24.0 Å². The molecular weight excluding hydrogens is 576 g/mol. The van der Waals surface area contributed by atoms with Gasteiger partial charge in [0.15, 0.2) is 0 Å². The van der Waals surface area contributed by atoms with Gasteiger partial charge in [0, 0.05) is 0 Å². The third-order valence-electron chi connectivity index (χ3n) is 5.90. The molecule has 0 saturated carbocycles. The van der Waals surface area contributed by atoms with Gasteiger partial charge in [-0.05, 0) is 12.8 Å². The Morgan fingerprint density at radius 3 is 2.03 bits per heavy atom. The van der Waals surface area contributed by atoms with Gasteiger partial charge in [-0.2, -0.15) is 0 Å². The van der Waals surface area contributed by atoms with Gasteiger partial charge < -0.3 is 0 Å². The Morgan fingerprint density at radius 2 is 1.46 bits per heavy atom. The maximum atomic E-state index is 12.4. The van der Waals surface area contributed by atoms with Crippen molar-refractivity contribution in [1.29, 1.82) is 0 Å². The zero-order chi connectivity index (χ0) is 25.8. The molecule has 4 N–H and O–H groups in total. The first kappa shape index (κ1) is 32.5. The standard InChI is InChI=1S/C27H47INO5P/c1-2-3-4-5-6-7-8-9-10-11-12-13-14-15-16-17-27(30)29-26(23-34-35(31,32)33)22-24-18-20-25(28)21-19-24/h9-10,18-21,26,31-33,35H,2-8,11-17,22-23H2,1H3,(H,29,30)/b10-9-/t26-/m1/s1.